The predicted molar refractivity (Wildman–Crippen MR) is 92.1 cm³/mol. The van der Waals surface area contributed by atoms with Crippen LogP contribution >= 0.6 is 0 Å². The molecule has 0 unspecified atom stereocenters. The monoisotopic (exact) mass is 343 g/mol. The quantitative estimate of drug-likeness (QED) is 0.926. The number of rotatable bonds is 4. The minimum absolute atomic E-state index is 0.220. The van der Waals surface area contributed by atoms with E-state index in [-0.39, 0.29) is 10.5 Å². The zero-order valence-corrected chi connectivity index (χ0v) is 14.0. The summed E-state index contributed by atoms with van der Waals surface area (Å²) < 4.78 is 32.2. The van der Waals surface area contributed by atoms with Crippen molar-refractivity contribution in [2.24, 2.45) is 0 Å². The van der Waals surface area contributed by atoms with Gasteiger partial charge in [0, 0.05) is 5.56 Å². The van der Waals surface area contributed by atoms with E-state index >= 15 is 0 Å². The average molecular weight is 343 g/mol. The lowest BCUT2D eigenvalue weighted by atomic mass is 9.98. The van der Waals surface area contributed by atoms with Gasteiger partial charge in [0.15, 0.2) is 0 Å². The first-order chi connectivity index (χ1) is 11.5. The molecular weight excluding hydrogens is 326 g/mol. The van der Waals surface area contributed by atoms with Gasteiger partial charge in [0.05, 0.1) is 12.0 Å². The first kappa shape index (κ1) is 16.3. The molecule has 0 aromatic heterocycles. The fraction of sp³-hybridized carbons (Fsp3) is 0.167. The second kappa shape index (κ2) is 6.49. The lowest BCUT2D eigenvalue weighted by Crippen LogP contribution is -2.32. The summed E-state index contributed by atoms with van der Waals surface area (Å²) in [6, 6.07) is 14.0. The molecule has 0 radical (unpaired) electrons. The number of nitrogens with one attached hydrogen (secondary N) is 1. The Balaban J connectivity index is 1.84. The highest BCUT2D eigenvalue weighted by Crippen LogP contribution is 2.26. The fourth-order valence-corrected chi connectivity index (χ4v) is 3.77. The maximum atomic E-state index is 12.5. The number of allylic oxidation sites excluding steroid dienone is 1. The van der Waals surface area contributed by atoms with Gasteiger partial charge in [0.25, 0.3) is 15.9 Å². The van der Waals surface area contributed by atoms with E-state index in [0.717, 1.165) is 11.1 Å². The van der Waals surface area contributed by atoms with E-state index in [0.29, 0.717) is 18.6 Å². The molecule has 1 N–H and O–H groups in total. The number of ether oxygens (including phenoxy) is 1. The second-order valence-corrected chi connectivity index (χ2v) is 7.21. The fourth-order valence-electron chi connectivity index (χ4n) is 2.63. The number of aryl methyl sites for hydroxylation is 1. The van der Waals surface area contributed by atoms with Gasteiger partial charge in [-0.1, -0.05) is 30.3 Å². The van der Waals surface area contributed by atoms with Crippen LogP contribution in [0.1, 0.15) is 27.9 Å². The number of fused-ring (bicyclic) bond motifs is 1. The highest BCUT2D eigenvalue weighted by atomic mass is 32.2. The van der Waals surface area contributed by atoms with E-state index in [4.69, 9.17) is 4.74 Å². The molecule has 6 heteroatoms. The molecule has 1 amide bonds. The molecule has 2 aromatic carbocycles. The number of benzene rings is 2. The molecule has 0 aliphatic heterocycles. The molecular formula is C18H17NO4S. The van der Waals surface area contributed by atoms with Gasteiger partial charge >= 0.3 is 0 Å². The van der Waals surface area contributed by atoms with Crippen LogP contribution in [0, 0.1) is 0 Å². The van der Waals surface area contributed by atoms with Crippen molar-refractivity contribution in [3.05, 3.63) is 70.1 Å². The third-order valence-electron chi connectivity index (χ3n) is 3.92. The van der Waals surface area contributed by atoms with Crippen LogP contribution in [0.4, 0.5) is 0 Å². The number of carbonyl (C=O) groups is 1. The molecule has 0 atom stereocenters. The van der Waals surface area contributed by atoms with E-state index in [9.17, 15) is 13.2 Å². The normalized spacial score (nSPS) is 13.6. The van der Waals surface area contributed by atoms with Crippen LogP contribution in [0.25, 0.3) is 6.08 Å². The summed E-state index contributed by atoms with van der Waals surface area (Å²) in [5, 5.41) is 0. The van der Waals surface area contributed by atoms with Crippen LogP contribution in [-0.4, -0.2) is 21.4 Å². The second-order valence-electron chi connectivity index (χ2n) is 5.48. The molecule has 1 aliphatic rings. The van der Waals surface area contributed by atoms with Crippen LogP contribution in [-0.2, 0) is 16.4 Å². The van der Waals surface area contributed by atoms with Gasteiger partial charge in [-0.15, -0.1) is 0 Å². The molecule has 124 valence electrons. The molecule has 0 saturated carbocycles. The van der Waals surface area contributed by atoms with Crippen molar-refractivity contribution in [3.63, 3.8) is 0 Å². The lowest BCUT2D eigenvalue weighted by Gasteiger charge is -2.17. The van der Waals surface area contributed by atoms with Crippen LogP contribution in [0.15, 0.2) is 53.4 Å². The van der Waals surface area contributed by atoms with Crippen molar-refractivity contribution >= 4 is 22.0 Å². The highest BCUT2D eigenvalue weighted by molar-refractivity contribution is 7.94. The zero-order valence-electron chi connectivity index (χ0n) is 13.2. The number of methoxy groups -OCH3 is 1. The van der Waals surface area contributed by atoms with Crippen molar-refractivity contribution in [2.75, 3.05) is 7.11 Å². The molecule has 0 heterocycles. The summed E-state index contributed by atoms with van der Waals surface area (Å²) in [5.74, 6) is -0.181. The number of hydrogen-bond donors (Lipinski definition) is 1. The first-order valence-electron chi connectivity index (χ1n) is 7.49. The van der Waals surface area contributed by atoms with E-state index in [1.807, 2.05) is 24.3 Å². The largest absolute Gasteiger partial charge is 0.497 e. The zero-order chi connectivity index (χ0) is 17.2. The van der Waals surface area contributed by atoms with Crippen LogP contribution < -0.4 is 9.46 Å². The smallest absolute Gasteiger partial charge is 0.265 e. The van der Waals surface area contributed by atoms with Crippen LogP contribution in [0.3, 0.4) is 0 Å². The van der Waals surface area contributed by atoms with Crippen LogP contribution in [0.5, 0.6) is 5.75 Å². The molecule has 24 heavy (non-hydrogen) atoms. The minimum Gasteiger partial charge on any atom is -0.497 e. The topological polar surface area (TPSA) is 72.5 Å². The van der Waals surface area contributed by atoms with Crippen molar-refractivity contribution in [3.8, 4) is 5.75 Å². The van der Waals surface area contributed by atoms with Gasteiger partial charge < -0.3 is 4.74 Å². The van der Waals surface area contributed by atoms with Gasteiger partial charge in [-0.05, 0) is 48.2 Å². The van der Waals surface area contributed by atoms with Gasteiger partial charge in [-0.25, -0.2) is 13.1 Å². The third-order valence-corrected chi connectivity index (χ3v) is 5.38. The van der Waals surface area contributed by atoms with Crippen molar-refractivity contribution in [2.45, 2.75) is 12.8 Å². The lowest BCUT2D eigenvalue weighted by molar-refractivity contribution is 0.0981. The molecule has 1 aliphatic carbocycles. The molecule has 0 fully saturated rings. The van der Waals surface area contributed by atoms with E-state index in [2.05, 4.69) is 4.72 Å². The Bertz CT molecular complexity index is 916. The molecule has 0 saturated heterocycles. The third kappa shape index (κ3) is 3.33. The standard InChI is InChI=1S/C18H17NO4S/c1-23-16-8-4-7-15(11-16)18(20)19-24(21,22)17-10-9-13-5-2-3-6-14(13)12-17/h2-8,11-12H,9-10H2,1H3,(H,19,20). The van der Waals surface area contributed by atoms with Crippen molar-refractivity contribution < 1.29 is 17.9 Å². The Morgan fingerprint density at radius 1 is 1.08 bits per heavy atom. The number of hydrogen-bond acceptors (Lipinski definition) is 4. The van der Waals surface area contributed by atoms with Crippen LogP contribution in [0.2, 0.25) is 0 Å². The summed E-state index contributed by atoms with van der Waals surface area (Å²) in [7, 11) is -2.39. The number of carbonyl (C=O) groups excluding carboxylic acids is 1. The molecule has 3 rings (SSSR count). The van der Waals surface area contributed by atoms with Crippen molar-refractivity contribution in [1.82, 2.24) is 4.72 Å². The number of sulfonamides is 1. The Kier molecular flexibility index (Phi) is 4.40. The first-order valence-corrected chi connectivity index (χ1v) is 8.97. The van der Waals surface area contributed by atoms with E-state index in [1.165, 1.54) is 19.2 Å². The van der Waals surface area contributed by atoms with Gasteiger partial charge in [-0.3, -0.25) is 4.79 Å². The maximum Gasteiger partial charge on any atom is 0.265 e. The van der Waals surface area contributed by atoms with Crippen molar-refractivity contribution in [1.29, 1.82) is 0 Å². The SMILES string of the molecule is COc1cccc(C(=O)NS(=O)(=O)C2=Cc3ccccc3CC2)c1. The maximum absolute atomic E-state index is 12.5. The Morgan fingerprint density at radius 3 is 2.67 bits per heavy atom. The van der Waals surface area contributed by atoms with Gasteiger partial charge in [-0.2, -0.15) is 0 Å². The minimum atomic E-state index is -3.87. The highest BCUT2D eigenvalue weighted by Gasteiger charge is 2.24. The van der Waals surface area contributed by atoms with Gasteiger partial charge in [0.2, 0.25) is 0 Å². The predicted octanol–water partition coefficient (Wildman–Crippen LogP) is 2.74. The summed E-state index contributed by atoms with van der Waals surface area (Å²) in [5.41, 5.74) is 2.21. The molecule has 5 nitrogen and oxygen atoms in total. The Labute approximate surface area is 141 Å². The van der Waals surface area contributed by atoms with E-state index < -0.39 is 15.9 Å². The van der Waals surface area contributed by atoms with Gasteiger partial charge in [0.1, 0.15) is 5.75 Å². The molecule has 2 aromatic rings. The Morgan fingerprint density at radius 2 is 1.88 bits per heavy atom. The molecule has 0 spiro atoms. The summed E-state index contributed by atoms with van der Waals surface area (Å²) in [6.45, 7) is 0. The summed E-state index contributed by atoms with van der Waals surface area (Å²) in [6.07, 6.45) is 2.63. The average Bonchev–Trinajstić information content (AvgIpc) is 2.61. The summed E-state index contributed by atoms with van der Waals surface area (Å²) >= 11 is 0. The Hall–Kier alpha value is -2.60. The summed E-state index contributed by atoms with van der Waals surface area (Å²) in [4.78, 5) is 12.5. The number of amides is 1. The van der Waals surface area contributed by atoms with E-state index in [1.54, 1.807) is 18.2 Å². The molecule has 0 bridgehead atoms.